The maximum absolute atomic E-state index is 9.43. The topological polar surface area (TPSA) is 47.9 Å². The lowest BCUT2D eigenvalue weighted by Crippen LogP contribution is -2.24. The molecule has 0 amide bonds. The molecule has 0 spiro atoms. The summed E-state index contributed by atoms with van der Waals surface area (Å²) in [5.74, 6) is 1.18. The minimum atomic E-state index is -0.178. The van der Waals surface area contributed by atoms with Gasteiger partial charge in [0, 0.05) is 12.5 Å². The fraction of sp³-hybridized carbons (Fsp3) is 0.500. The average molecular weight is 224 g/mol. The number of phenolic OH excluding ortho intramolecular Hbond substituents is 1. The van der Waals surface area contributed by atoms with Crippen molar-refractivity contribution < 1.29 is 19.3 Å². The van der Waals surface area contributed by atoms with Gasteiger partial charge in [0.05, 0.1) is 13.7 Å². The predicted molar refractivity (Wildman–Crippen MR) is 58.9 cm³/mol. The second kappa shape index (κ2) is 5.07. The van der Waals surface area contributed by atoms with E-state index in [1.807, 2.05) is 0 Å². The smallest absolute Gasteiger partial charge is 0.199 e. The highest BCUT2D eigenvalue weighted by molar-refractivity contribution is 5.44. The van der Waals surface area contributed by atoms with Crippen molar-refractivity contribution in [2.45, 2.75) is 25.6 Å². The van der Waals surface area contributed by atoms with E-state index in [9.17, 15) is 5.11 Å². The molecule has 0 radical (unpaired) electrons. The molecular weight excluding hydrogens is 208 g/mol. The molecule has 0 bridgehead atoms. The first-order valence-corrected chi connectivity index (χ1v) is 5.45. The third kappa shape index (κ3) is 2.58. The molecule has 1 aliphatic rings. The van der Waals surface area contributed by atoms with Crippen molar-refractivity contribution in [3.05, 3.63) is 18.2 Å². The monoisotopic (exact) mass is 224 g/mol. The minimum absolute atomic E-state index is 0.111. The quantitative estimate of drug-likeness (QED) is 0.855. The van der Waals surface area contributed by atoms with Crippen molar-refractivity contribution in [3.8, 4) is 17.2 Å². The van der Waals surface area contributed by atoms with Crippen molar-refractivity contribution in [1.82, 2.24) is 0 Å². The third-order valence-electron chi connectivity index (χ3n) is 2.56. The minimum Gasteiger partial charge on any atom is -0.504 e. The Morgan fingerprint density at radius 3 is 2.94 bits per heavy atom. The molecule has 1 aromatic carbocycles. The number of benzene rings is 1. The van der Waals surface area contributed by atoms with Gasteiger partial charge in [0.2, 0.25) is 0 Å². The summed E-state index contributed by atoms with van der Waals surface area (Å²) in [4.78, 5) is 0. The van der Waals surface area contributed by atoms with Crippen LogP contribution in [0.5, 0.6) is 17.2 Å². The van der Waals surface area contributed by atoms with Gasteiger partial charge in [0.15, 0.2) is 17.8 Å². The first-order chi connectivity index (χ1) is 7.79. The molecule has 2 rings (SSSR count). The molecule has 88 valence electrons. The lowest BCUT2D eigenvalue weighted by Gasteiger charge is -2.23. The molecule has 0 unspecified atom stereocenters. The maximum Gasteiger partial charge on any atom is 0.199 e. The molecule has 4 nitrogen and oxygen atoms in total. The van der Waals surface area contributed by atoms with Crippen LogP contribution < -0.4 is 9.47 Å². The largest absolute Gasteiger partial charge is 0.504 e. The van der Waals surface area contributed by atoms with E-state index in [1.54, 1.807) is 18.2 Å². The van der Waals surface area contributed by atoms with Gasteiger partial charge in [-0.2, -0.15) is 0 Å². The summed E-state index contributed by atoms with van der Waals surface area (Å²) < 4.78 is 16.1. The van der Waals surface area contributed by atoms with E-state index >= 15 is 0 Å². The third-order valence-corrected chi connectivity index (χ3v) is 2.56. The van der Waals surface area contributed by atoms with E-state index in [4.69, 9.17) is 14.2 Å². The van der Waals surface area contributed by atoms with Crippen molar-refractivity contribution in [2.75, 3.05) is 13.7 Å². The van der Waals surface area contributed by atoms with Crippen molar-refractivity contribution in [1.29, 1.82) is 0 Å². The molecule has 1 saturated heterocycles. The highest BCUT2D eigenvalue weighted by atomic mass is 16.7. The Balaban J connectivity index is 2.03. The Hall–Kier alpha value is -1.42. The molecule has 4 heteroatoms. The highest BCUT2D eigenvalue weighted by Gasteiger charge is 2.15. The summed E-state index contributed by atoms with van der Waals surface area (Å²) in [5, 5.41) is 9.43. The van der Waals surface area contributed by atoms with Gasteiger partial charge in [-0.05, 0) is 25.0 Å². The van der Waals surface area contributed by atoms with Crippen LogP contribution in [0.25, 0.3) is 0 Å². The molecule has 16 heavy (non-hydrogen) atoms. The first kappa shape index (κ1) is 11.1. The van der Waals surface area contributed by atoms with Crippen molar-refractivity contribution >= 4 is 0 Å². The van der Waals surface area contributed by atoms with Gasteiger partial charge in [-0.25, -0.2) is 0 Å². The average Bonchev–Trinajstić information content (AvgIpc) is 2.33. The summed E-state index contributed by atoms with van der Waals surface area (Å²) in [7, 11) is 1.51. The SMILES string of the molecule is COc1cc(O[C@H]2CCCCO2)ccc1O. The Bertz CT molecular complexity index is 345. The van der Waals surface area contributed by atoms with Crippen molar-refractivity contribution in [2.24, 2.45) is 0 Å². The van der Waals surface area contributed by atoms with Crippen LogP contribution in [0.15, 0.2) is 18.2 Å². The van der Waals surface area contributed by atoms with Crippen LogP contribution in [0.2, 0.25) is 0 Å². The summed E-state index contributed by atoms with van der Waals surface area (Å²) in [6.07, 6.45) is 2.95. The normalized spacial score (nSPS) is 20.4. The number of phenols is 1. The molecule has 1 heterocycles. The summed E-state index contributed by atoms with van der Waals surface area (Å²) in [6, 6.07) is 4.92. The fourth-order valence-electron chi connectivity index (χ4n) is 1.69. The van der Waals surface area contributed by atoms with Gasteiger partial charge in [0.25, 0.3) is 0 Å². The Morgan fingerprint density at radius 1 is 1.38 bits per heavy atom. The Kier molecular flexibility index (Phi) is 3.51. The van der Waals surface area contributed by atoms with Crippen LogP contribution in [0.4, 0.5) is 0 Å². The number of hydrogen-bond acceptors (Lipinski definition) is 4. The number of rotatable bonds is 3. The van der Waals surface area contributed by atoms with Gasteiger partial charge in [-0.15, -0.1) is 0 Å². The van der Waals surface area contributed by atoms with Gasteiger partial charge in [-0.1, -0.05) is 0 Å². The fourth-order valence-corrected chi connectivity index (χ4v) is 1.69. The lowest BCUT2D eigenvalue weighted by molar-refractivity contribution is -0.105. The molecule has 1 atom stereocenters. The molecule has 1 N–H and O–H groups in total. The molecule has 0 aromatic heterocycles. The summed E-state index contributed by atoms with van der Waals surface area (Å²) >= 11 is 0. The van der Waals surface area contributed by atoms with Crippen LogP contribution in [0, 0.1) is 0 Å². The van der Waals surface area contributed by atoms with E-state index in [0.717, 1.165) is 25.9 Å². The lowest BCUT2D eigenvalue weighted by atomic mass is 10.2. The number of methoxy groups -OCH3 is 1. The molecular formula is C12H16O4. The van der Waals surface area contributed by atoms with E-state index in [0.29, 0.717) is 11.5 Å². The maximum atomic E-state index is 9.43. The van der Waals surface area contributed by atoms with E-state index in [2.05, 4.69) is 0 Å². The van der Waals surface area contributed by atoms with Crippen LogP contribution in [0.1, 0.15) is 19.3 Å². The Labute approximate surface area is 94.8 Å². The Morgan fingerprint density at radius 2 is 2.25 bits per heavy atom. The van der Waals surface area contributed by atoms with Crippen LogP contribution in [-0.4, -0.2) is 25.1 Å². The second-order valence-electron chi connectivity index (χ2n) is 3.75. The molecule has 1 aliphatic heterocycles. The van der Waals surface area contributed by atoms with E-state index in [-0.39, 0.29) is 12.0 Å². The van der Waals surface area contributed by atoms with E-state index < -0.39 is 0 Å². The zero-order valence-electron chi connectivity index (χ0n) is 9.31. The van der Waals surface area contributed by atoms with Gasteiger partial charge in [0.1, 0.15) is 5.75 Å². The van der Waals surface area contributed by atoms with Crippen LogP contribution in [0.3, 0.4) is 0 Å². The number of ether oxygens (including phenoxy) is 3. The number of aromatic hydroxyl groups is 1. The van der Waals surface area contributed by atoms with Gasteiger partial charge < -0.3 is 19.3 Å². The molecule has 0 saturated carbocycles. The van der Waals surface area contributed by atoms with Gasteiger partial charge >= 0.3 is 0 Å². The zero-order chi connectivity index (χ0) is 11.4. The van der Waals surface area contributed by atoms with Gasteiger partial charge in [-0.3, -0.25) is 0 Å². The highest BCUT2D eigenvalue weighted by Crippen LogP contribution is 2.31. The van der Waals surface area contributed by atoms with Crippen LogP contribution >= 0.6 is 0 Å². The zero-order valence-corrected chi connectivity index (χ0v) is 9.31. The first-order valence-electron chi connectivity index (χ1n) is 5.45. The second-order valence-corrected chi connectivity index (χ2v) is 3.75. The standard InChI is InChI=1S/C12H16O4/c1-14-11-8-9(5-6-10(11)13)16-12-4-2-3-7-15-12/h5-6,8,12-13H,2-4,7H2,1H3/t12-/m0/s1. The molecule has 1 fully saturated rings. The molecule has 0 aliphatic carbocycles. The predicted octanol–water partition coefficient (Wildman–Crippen LogP) is 2.31. The van der Waals surface area contributed by atoms with Crippen LogP contribution in [-0.2, 0) is 4.74 Å². The van der Waals surface area contributed by atoms with E-state index in [1.165, 1.54) is 7.11 Å². The molecule has 1 aromatic rings. The summed E-state index contributed by atoms with van der Waals surface area (Å²) in [5.41, 5.74) is 0. The number of hydrogen-bond donors (Lipinski definition) is 1. The summed E-state index contributed by atoms with van der Waals surface area (Å²) in [6.45, 7) is 0.750. The van der Waals surface area contributed by atoms with Crippen molar-refractivity contribution in [3.63, 3.8) is 0 Å².